The normalized spacial score (nSPS) is 10.7. The molecule has 1 N–H and O–H groups in total. The Kier molecular flexibility index (Phi) is 7.09. The maximum Gasteiger partial charge on any atom is 0.258 e. The van der Waals surface area contributed by atoms with Crippen molar-refractivity contribution in [1.82, 2.24) is 9.55 Å². The maximum atomic E-state index is 13.0. The average molecular weight is 417 g/mol. The molecule has 0 atom stereocenters. The second kappa shape index (κ2) is 9.94. The topological polar surface area (TPSA) is 79.9 Å². The Hall–Kier alpha value is -3.59. The predicted octanol–water partition coefficient (Wildman–Crippen LogP) is 5.55. The molecule has 0 radical (unpaired) electrons. The van der Waals surface area contributed by atoms with Gasteiger partial charge in [0.1, 0.15) is 0 Å². The van der Waals surface area contributed by atoms with E-state index < -0.39 is 0 Å². The summed E-state index contributed by atoms with van der Waals surface area (Å²) in [6, 6.07) is 15.9. The minimum atomic E-state index is -0.237. The number of nitrogens with zero attached hydrogens (tertiary/aromatic N) is 3. The summed E-state index contributed by atoms with van der Waals surface area (Å²) in [6.07, 6.45) is 2.65. The Morgan fingerprint density at radius 2 is 1.97 bits per heavy atom. The van der Waals surface area contributed by atoms with E-state index in [9.17, 15) is 4.79 Å². The number of hydrogen-bond acceptors (Lipinski definition) is 4. The van der Waals surface area contributed by atoms with Crippen LogP contribution < -0.4 is 10.1 Å². The van der Waals surface area contributed by atoms with E-state index in [1.54, 1.807) is 18.3 Å². The van der Waals surface area contributed by atoms with Crippen molar-refractivity contribution in [3.05, 3.63) is 71.2 Å². The quantitative estimate of drug-likeness (QED) is 0.488. The smallest absolute Gasteiger partial charge is 0.258 e. The molecule has 6 nitrogen and oxygen atoms in total. The highest BCUT2D eigenvalue weighted by Gasteiger charge is 2.18. The number of nitriles is 1. The molecule has 3 aromatic rings. The molecule has 3 rings (SSSR count). The van der Waals surface area contributed by atoms with Crippen LogP contribution in [0.3, 0.4) is 0 Å². The van der Waals surface area contributed by atoms with Crippen molar-refractivity contribution >= 4 is 11.7 Å². The standard InChI is InChI=1S/C25H28N4O2/c1-17(2)20-9-11-21(12-10-20)29-18(3)16-22(19(29)4)25(30)28-24-23(8-7-14-27-24)31-15-6-5-13-26/h7-12,14,16-17H,5-6,15H2,1-4H3,(H,27,28,30). The molecule has 1 aromatic carbocycles. The number of unbranched alkanes of at least 4 members (excludes halogenated alkanes) is 1. The van der Waals surface area contributed by atoms with Gasteiger partial charge in [0.2, 0.25) is 0 Å². The summed E-state index contributed by atoms with van der Waals surface area (Å²) in [5.74, 6) is 1.10. The van der Waals surface area contributed by atoms with Gasteiger partial charge in [0.15, 0.2) is 11.6 Å². The van der Waals surface area contributed by atoms with Crippen LogP contribution in [0.25, 0.3) is 5.69 Å². The highest BCUT2D eigenvalue weighted by Crippen LogP contribution is 2.26. The van der Waals surface area contributed by atoms with Crippen molar-refractivity contribution in [3.8, 4) is 17.5 Å². The van der Waals surface area contributed by atoms with E-state index in [2.05, 4.69) is 59.1 Å². The Labute approximate surface area is 183 Å². The predicted molar refractivity (Wildman–Crippen MR) is 122 cm³/mol. The minimum Gasteiger partial charge on any atom is -0.490 e. The first-order valence-electron chi connectivity index (χ1n) is 10.5. The molecule has 0 spiro atoms. The molecule has 0 saturated heterocycles. The second-order valence-corrected chi connectivity index (χ2v) is 7.78. The van der Waals surface area contributed by atoms with Crippen LogP contribution in [-0.4, -0.2) is 22.1 Å². The minimum absolute atomic E-state index is 0.237. The first-order valence-corrected chi connectivity index (χ1v) is 10.5. The number of carbonyl (C=O) groups is 1. The molecule has 1 amide bonds. The van der Waals surface area contributed by atoms with Gasteiger partial charge in [-0.25, -0.2) is 4.98 Å². The van der Waals surface area contributed by atoms with Gasteiger partial charge in [0.25, 0.3) is 5.91 Å². The molecule has 0 saturated carbocycles. The lowest BCUT2D eigenvalue weighted by molar-refractivity contribution is 0.102. The second-order valence-electron chi connectivity index (χ2n) is 7.78. The van der Waals surface area contributed by atoms with Gasteiger partial charge in [-0.15, -0.1) is 0 Å². The van der Waals surface area contributed by atoms with E-state index in [-0.39, 0.29) is 5.91 Å². The van der Waals surface area contributed by atoms with Crippen molar-refractivity contribution in [2.45, 2.75) is 46.5 Å². The number of carbonyl (C=O) groups excluding carboxylic acids is 1. The first-order chi connectivity index (χ1) is 14.9. The van der Waals surface area contributed by atoms with Gasteiger partial charge in [-0.3, -0.25) is 4.79 Å². The molecular formula is C25H28N4O2. The number of ether oxygens (including phenoxy) is 1. The maximum absolute atomic E-state index is 13.0. The Balaban J connectivity index is 1.81. The molecule has 0 fully saturated rings. The Bertz CT molecular complexity index is 1090. The van der Waals surface area contributed by atoms with Crippen LogP contribution >= 0.6 is 0 Å². The summed E-state index contributed by atoms with van der Waals surface area (Å²) in [4.78, 5) is 17.3. The van der Waals surface area contributed by atoms with Crippen LogP contribution in [-0.2, 0) is 0 Å². The van der Waals surface area contributed by atoms with Crippen molar-refractivity contribution in [1.29, 1.82) is 5.26 Å². The van der Waals surface area contributed by atoms with Crippen molar-refractivity contribution in [2.75, 3.05) is 11.9 Å². The number of amides is 1. The summed E-state index contributed by atoms with van der Waals surface area (Å²) in [6.45, 7) is 8.66. The first kappa shape index (κ1) is 22.1. The van der Waals surface area contributed by atoms with Gasteiger partial charge in [0.05, 0.1) is 18.2 Å². The van der Waals surface area contributed by atoms with Gasteiger partial charge in [-0.2, -0.15) is 5.26 Å². The number of hydrogen-bond donors (Lipinski definition) is 1. The number of nitrogens with one attached hydrogen (secondary N) is 1. The third kappa shape index (κ3) is 5.13. The number of benzene rings is 1. The van der Waals surface area contributed by atoms with E-state index in [1.807, 2.05) is 19.9 Å². The number of rotatable bonds is 8. The zero-order chi connectivity index (χ0) is 22.4. The van der Waals surface area contributed by atoms with Crippen LogP contribution in [0.4, 0.5) is 5.82 Å². The molecule has 0 bridgehead atoms. The summed E-state index contributed by atoms with van der Waals surface area (Å²) >= 11 is 0. The highest BCUT2D eigenvalue weighted by atomic mass is 16.5. The third-order valence-corrected chi connectivity index (χ3v) is 5.19. The Morgan fingerprint density at radius 3 is 2.65 bits per heavy atom. The molecule has 0 aliphatic rings. The largest absolute Gasteiger partial charge is 0.490 e. The lowest BCUT2D eigenvalue weighted by atomic mass is 10.0. The lowest BCUT2D eigenvalue weighted by Gasteiger charge is -2.13. The zero-order valence-corrected chi connectivity index (χ0v) is 18.5. The molecular weight excluding hydrogens is 388 g/mol. The monoisotopic (exact) mass is 416 g/mol. The third-order valence-electron chi connectivity index (χ3n) is 5.19. The average Bonchev–Trinajstić information content (AvgIpc) is 3.06. The van der Waals surface area contributed by atoms with Crippen LogP contribution in [0, 0.1) is 25.2 Å². The number of anilines is 1. The molecule has 160 valence electrons. The summed E-state index contributed by atoms with van der Waals surface area (Å²) in [7, 11) is 0. The number of pyridine rings is 1. The van der Waals surface area contributed by atoms with Crippen LogP contribution in [0.1, 0.15) is 59.9 Å². The molecule has 0 aliphatic heterocycles. The van der Waals surface area contributed by atoms with Gasteiger partial charge < -0.3 is 14.6 Å². The van der Waals surface area contributed by atoms with Gasteiger partial charge in [-0.05, 0) is 62.1 Å². The van der Waals surface area contributed by atoms with Gasteiger partial charge in [0, 0.05) is 29.7 Å². The van der Waals surface area contributed by atoms with Gasteiger partial charge in [-0.1, -0.05) is 26.0 Å². The Morgan fingerprint density at radius 1 is 1.23 bits per heavy atom. The zero-order valence-electron chi connectivity index (χ0n) is 18.5. The fourth-order valence-corrected chi connectivity index (χ4v) is 3.51. The van der Waals surface area contributed by atoms with Crippen LogP contribution in [0.5, 0.6) is 5.75 Å². The van der Waals surface area contributed by atoms with E-state index in [1.165, 1.54) is 5.56 Å². The van der Waals surface area contributed by atoms with Crippen molar-refractivity contribution in [3.63, 3.8) is 0 Å². The number of aromatic nitrogens is 2. The van der Waals surface area contributed by atoms with E-state index in [0.717, 1.165) is 17.1 Å². The highest BCUT2D eigenvalue weighted by molar-refractivity contribution is 6.05. The lowest BCUT2D eigenvalue weighted by Crippen LogP contribution is -2.15. The van der Waals surface area contributed by atoms with E-state index in [4.69, 9.17) is 10.00 Å². The SMILES string of the molecule is Cc1cc(C(=O)Nc2ncccc2OCCCC#N)c(C)n1-c1ccc(C(C)C)cc1. The summed E-state index contributed by atoms with van der Waals surface area (Å²) in [5.41, 5.74) is 4.74. The summed E-state index contributed by atoms with van der Waals surface area (Å²) in [5, 5.41) is 11.5. The number of aryl methyl sites for hydroxylation is 1. The molecule has 0 unspecified atom stereocenters. The fourth-order valence-electron chi connectivity index (χ4n) is 3.51. The van der Waals surface area contributed by atoms with Crippen LogP contribution in [0.15, 0.2) is 48.7 Å². The van der Waals surface area contributed by atoms with Crippen molar-refractivity contribution in [2.24, 2.45) is 0 Å². The van der Waals surface area contributed by atoms with Crippen molar-refractivity contribution < 1.29 is 9.53 Å². The van der Waals surface area contributed by atoms with E-state index >= 15 is 0 Å². The molecule has 6 heteroatoms. The molecule has 2 heterocycles. The van der Waals surface area contributed by atoms with Crippen LogP contribution in [0.2, 0.25) is 0 Å². The van der Waals surface area contributed by atoms with E-state index in [0.29, 0.717) is 42.5 Å². The summed E-state index contributed by atoms with van der Waals surface area (Å²) < 4.78 is 7.78. The molecule has 0 aliphatic carbocycles. The fraction of sp³-hybridized carbons (Fsp3) is 0.320. The molecule has 31 heavy (non-hydrogen) atoms. The van der Waals surface area contributed by atoms with Gasteiger partial charge >= 0.3 is 0 Å². The molecule has 2 aromatic heterocycles.